The van der Waals surface area contributed by atoms with Crippen molar-refractivity contribution < 1.29 is 19.2 Å². The van der Waals surface area contributed by atoms with Crippen LogP contribution in [0.15, 0.2) is 12.1 Å². The molecule has 5 nitrogen and oxygen atoms in total. The highest BCUT2D eigenvalue weighted by molar-refractivity contribution is 6.62. The summed E-state index contributed by atoms with van der Waals surface area (Å²) in [4.78, 5) is 14.9. The molecule has 1 N–H and O–H groups in total. The number of hydrogen-bond acceptors (Lipinski definition) is 5. The van der Waals surface area contributed by atoms with Gasteiger partial charge < -0.3 is 14.4 Å². The quantitative estimate of drug-likeness (QED) is 0.641. The molecule has 102 valence electrons. The summed E-state index contributed by atoms with van der Waals surface area (Å²) in [6, 6.07) is 3.31. The van der Waals surface area contributed by atoms with Crippen LogP contribution in [0, 0.1) is 0 Å². The minimum atomic E-state index is -0.558. The van der Waals surface area contributed by atoms with Gasteiger partial charge in [0.15, 0.2) is 6.29 Å². The van der Waals surface area contributed by atoms with E-state index in [1.165, 1.54) is 0 Å². The number of hydrogen-bond donors (Lipinski definition) is 1. The third kappa shape index (κ3) is 2.56. The fourth-order valence-corrected chi connectivity index (χ4v) is 1.89. The molecule has 0 radical (unpaired) electrons. The van der Waals surface area contributed by atoms with Crippen LogP contribution in [0.4, 0.5) is 0 Å². The molecule has 2 rings (SSSR count). The number of carbonyl (C=O) groups is 1. The van der Waals surface area contributed by atoms with E-state index in [1.54, 1.807) is 12.1 Å². The van der Waals surface area contributed by atoms with Gasteiger partial charge in [-0.3, -0.25) is 4.79 Å². The molecule has 0 atom stereocenters. The molecule has 0 bridgehead atoms. The van der Waals surface area contributed by atoms with E-state index in [-0.39, 0.29) is 12.3 Å². The second-order valence-electron chi connectivity index (χ2n) is 5.68. The van der Waals surface area contributed by atoms with Gasteiger partial charge in [0.2, 0.25) is 0 Å². The average Bonchev–Trinajstić information content (AvgIpc) is 2.58. The number of nitrogens with zero attached hydrogens (tertiary/aromatic N) is 1. The monoisotopic (exact) mass is 263 g/mol. The normalized spacial score (nSPS) is 20.6. The molecular weight excluding hydrogens is 245 g/mol. The first-order chi connectivity index (χ1) is 8.79. The molecule has 0 aliphatic carbocycles. The second kappa shape index (κ2) is 4.70. The van der Waals surface area contributed by atoms with Gasteiger partial charge in [-0.25, -0.2) is 4.98 Å². The van der Waals surface area contributed by atoms with Gasteiger partial charge in [0, 0.05) is 0 Å². The van der Waals surface area contributed by atoms with E-state index in [2.05, 4.69) is 4.98 Å². The van der Waals surface area contributed by atoms with Crippen molar-refractivity contribution in [2.75, 3.05) is 0 Å². The maximum atomic E-state index is 10.9. The second-order valence-corrected chi connectivity index (χ2v) is 5.68. The van der Waals surface area contributed by atoms with Crippen LogP contribution in [0.25, 0.3) is 0 Å². The zero-order valence-corrected chi connectivity index (χ0v) is 11.6. The van der Waals surface area contributed by atoms with Gasteiger partial charge in [-0.2, -0.15) is 0 Å². The van der Waals surface area contributed by atoms with E-state index >= 15 is 0 Å². The summed E-state index contributed by atoms with van der Waals surface area (Å²) in [5, 5.41) is 9.17. The maximum absolute atomic E-state index is 10.9. The fraction of sp³-hybridized carbons (Fsp3) is 0.538. The summed E-state index contributed by atoms with van der Waals surface area (Å²) in [5.41, 5.74) is 0.494. The van der Waals surface area contributed by atoms with Crippen molar-refractivity contribution in [2.45, 2.75) is 45.5 Å². The summed E-state index contributed by atoms with van der Waals surface area (Å²) >= 11 is 0. The van der Waals surface area contributed by atoms with E-state index in [9.17, 15) is 9.90 Å². The lowest BCUT2D eigenvalue weighted by Crippen LogP contribution is -2.41. The molecule has 0 saturated carbocycles. The largest absolute Gasteiger partial charge is 0.494 e. The number of aldehydes is 1. The van der Waals surface area contributed by atoms with Crippen LogP contribution < -0.4 is 5.46 Å². The molecule has 1 fully saturated rings. The van der Waals surface area contributed by atoms with Gasteiger partial charge in [0.1, 0.15) is 5.69 Å². The Hall–Kier alpha value is -1.24. The Morgan fingerprint density at radius 1 is 1.26 bits per heavy atom. The number of aromatic nitrogens is 1. The lowest BCUT2D eigenvalue weighted by molar-refractivity contribution is 0.00578. The first kappa shape index (κ1) is 14.2. The Bertz CT molecular complexity index is 485. The first-order valence-corrected chi connectivity index (χ1v) is 6.21. The highest BCUT2D eigenvalue weighted by Gasteiger charge is 2.51. The third-order valence-corrected chi connectivity index (χ3v) is 3.73. The molecular formula is C13H18BNO4. The fourth-order valence-electron chi connectivity index (χ4n) is 1.89. The van der Waals surface area contributed by atoms with Crippen LogP contribution in [-0.4, -0.2) is 34.7 Å². The van der Waals surface area contributed by atoms with E-state index in [4.69, 9.17) is 9.31 Å². The summed E-state index contributed by atoms with van der Waals surface area (Å²) < 4.78 is 11.8. The summed E-state index contributed by atoms with van der Waals surface area (Å²) in [6.07, 6.45) is 0.647. The van der Waals surface area contributed by atoms with E-state index in [0.29, 0.717) is 17.4 Å². The topological polar surface area (TPSA) is 68.7 Å². The molecule has 0 aromatic carbocycles. The lowest BCUT2D eigenvalue weighted by atomic mass is 9.79. The number of carbonyl (C=O) groups excluding carboxylic acids is 1. The van der Waals surface area contributed by atoms with E-state index in [0.717, 1.165) is 0 Å². The zero-order chi connectivity index (χ0) is 14.3. The summed E-state index contributed by atoms with van der Waals surface area (Å²) in [6.45, 7) is 7.61. The van der Waals surface area contributed by atoms with Gasteiger partial charge in [-0.15, -0.1) is 0 Å². The smallest absolute Gasteiger partial charge is 0.399 e. The molecule has 1 aliphatic rings. The van der Waals surface area contributed by atoms with Gasteiger partial charge in [-0.1, -0.05) is 0 Å². The summed E-state index contributed by atoms with van der Waals surface area (Å²) in [5.74, 6) is 0. The van der Waals surface area contributed by atoms with Crippen LogP contribution in [0.3, 0.4) is 0 Å². The molecule has 0 amide bonds. The van der Waals surface area contributed by atoms with Crippen LogP contribution >= 0.6 is 0 Å². The maximum Gasteiger partial charge on any atom is 0.494 e. The van der Waals surface area contributed by atoms with Crippen molar-refractivity contribution in [1.82, 2.24) is 4.98 Å². The number of pyridine rings is 1. The highest BCUT2D eigenvalue weighted by Crippen LogP contribution is 2.36. The molecule has 1 aliphatic heterocycles. The van der Waals surface area contributed by atoms with Gasteiger partial charge in [0.05, 0.1) is 23.5 Å². The van der Waals surface area contributed by atoms with Crippen molar-refractivity contribution in [3.8, 4) is 0 Å². The van der Waals surface area contributed by atoms with Crippen molar-refractivity contribution in [2.24, 2.45) is 0 Å². The molecule has 1 saturated heterocycles. The highest BCUT2D eigenvalue weighted by atomic mass is 16.7. The Balaban J connectivity index is 2.36. The van der Waals surface area contributed by atoms with Crippen LogP contribution in [0.2, 0.25) is 0 Å². The Morgan fingerprint density at radius 3 is 2.32 bits per heavy atom. The zero-order valence-electron chi connectivity index (χ0n) is 11.6. The van der Waals surface area contributed by atoms with Gasteiger partial charge in [-0.05, 0) is 45.3 Å². The first-order valence-electron chi connectivity index (χ1n) is 6.21. The van der Waals surface area contributed by atoms with E-state index in [1.807, 2.05) is 27.7 Å². The van der Waals surface area contributed by atoms with Crippen molar-refractivity contribution in [3.05, 3.63) is 23.5 Å². The molecule has 0 spiro atoms. The summed E-state index contributed by atoms with van der Waals surface area (Å²) in [7, 11) is -0.558. The SMILES string of the molecule is CC1(C)OB(c2cc(C=O)nc(CO)c2)OC1(C)C. The number of aliphatic hydroxyl groups is 1. The molecule has 2 heterocycles. The van der Waals surface area contributed by atoms with Gasteiger partial charge in [0.25, 0.3) is 0 Å². The van der Waals surface area contributed by atoms with Crippen LogP contribution in [0.5, 0.6) is 0 Å². The number of aliphatic hydroxyl groups excluding tert-OH is 1. The van der Waals surface area contributed by atoms with Crippen LogP contribution in [-0.2, 0) is 15.9 Å². The Morgan fingerprint density at radius 2 is 1.84 bits per heavy atom. The van der Waals surface area contributed by atoms with Gasteiger partial charge >= 0.3 is 7.12 Å². The standard InChI is InChI=1S/C13H18BNO4/c1-12(2)13(3,4)19-14(18-12)9-5-10(7-16)15-11(6-9)8-17/h5-7,17H,8H2,1-4H3. The predicted octanol–water partition coefficient (Wildman–Crippen LogP) is 0.686. The van der Waals surface area contributed by atoms with Crippen molar-refractivity contribution in [3.63, 3.8) is 0 Å². The predicted molar refractivity (Wildman–Crippen MR) is 71.3 cm³/mol. The Labute approximate surface area is 113 Å². The molecule has 19 heavy (non-hydrogen) atoms. The molecule has 1 aromatic heterocycles. The molecule has 1 aromatic rings. The average molecular weight is 263 g/mol. The lowest BCUT2D eigenvalue weighted by Gasteiger charge is -2.32. The van der Waals surface area contributed by atoms with E-state index < -0.39 is 18.3 Å². The number of rotatable bonds is 3. The Kier molecular flexibility index (Phi) is 3.51. The minimum absolute atomic E-state index is 0.228. The minimum Gasteiger partial charge on any atom is -0.399 e. The third-order valence-electron chi connectivity index (χ3n) is 3.73. The van der Waals surface area contributed by atoms with Crippen molar-refractivity contribution >= 4 is 18.9 Å². The van der Waals surface area contributed by atoms with Crippen LogP contribution in [0.1, 0.15) is 43.9 Å². The van der Waals surface area contributed by atoms with Crippen molar-refractivity contribution in [1.29, 1.82) is 0 Å². The molecule has 6 heteroatoms. The molecule has 0 unspecified atom stereocenters.